The highest BCUT2D eigenvalue weighted by atomic mass is 19.1. The summed E-state index contributed by atoms with van der Waals surface area (Å²) in [5, 5.41) is 2.95. The van der Waals surface area contributed by atoms with Crippen LogP contribution in [0.15, 0.2) is 48.5 Å². The van der Waals surface area contributed by atoms with E-state index in [9.17, 15) is 9.18 Å². The van der Waals surface area contributed by atoms with Crippen LogP contribution < -0.4 is 5.32 Å². The smallest absolute Gasteiger partial charge is 0.223 e. The van der Waals surface area contributed by atoms with Gasteiger partial charge in [-0.25, -0.2) is 9.37 Å². The van der Waals surface area contributed by atoms with E-state index in [1.54, 1.807) is 6.07 Å². The zero-order chi connectivity index (χ0) is 18.6. The highest BCUT2D eigenvalue weighted by molar-refractivity contribution is 5.78. The number of nitrogens with zero attached hydrogens (tertiary/aromatic N) is 1. The number of nitrogens with one attached hydrogen (secondary N) is 2. The first-order chi connectivity index (χ1) is 13.2. The van der Waals surface area contributed by atoms with Crippen LogP contribution in [0.2, 0.25) is 0 Å². The summed E-state index contributed by atoms with van der Waals surface area (Å²) >= 11 is 0. The number of hydrogen-bond donors (Lipinski definition) is 2. The molecule has 1 heterocycles. The molecule has 1 aliphatic carbocycles. The number of aromatic amines is 1. The van der Waals surface area contributed by atoms with Crippen LogP contribution in [0.1, 0.15) is 37.1 Å². The molecule has 0 atom stereocenters. The Bertz CT molecular complexity index is 895. The quantitative estimate of drug-likeness (QED) is 0.705. The number of imidazole rings is 1. The van der Waals surface area contributed by atoms with Crippen LogP contribution in [0.5, 0.6) is 0 Å². The van der Waals surface area contributed by atoms with Gasteiger partial charge >= 0.3 is 0 Å². The normalized spacial score (nSPS) is 19.9. The number of halogens is 1. The molecule has 1 saturated carbocycles. The maximum Gasteiger partial charge on any atom is 0.223 e. The second-order valence-corrected chi connectivity index (χ2v) is 7.47. The summed E-state index contributed by atoms with van der Waals surface area (Å²) < 4.78 is 13.2. The van der Waals surface area contributed by atoms with E-state index in [-0.39, 0.29) is 17.6 Å². The van der Waals surface area contributed by atoms with Gasteiger partial charge in [-0.1, -0.05) is 24.3 Å². The number of para-hydroxylation sites is 2. The van der Waals surface area contributed by atoms with E-state index in [1.807, 2.05) is 30.3 Å². The Morgan fingerprint density at radius 3 is 2.70 bits per heavy atom. The lowest BCUT2D eigenvalue weighted by molar-refractivity contribution is -0.126. The van der Waals surface area contributed by atoms with Gasteiger partial charge in [0, 0.05) is 18.9 Å². The predicted molar refractivity (Wildman–Crippen MR) is 103 cm³/mol. The lowest BCUT2D eigenvalue weighted by Crippen LogP contribution is -2.33. The number of aromatic nitrogens is 2. The van der Waals surface area contributed by atoms with Crippen molar-refractivity contribution in [1.29, 1.82) is 0 Å². The Kier molecular flexibility index (Phi) is 5.19. The van der Waals surface area contributed by atoms with Crippen molar-refractivity contribution in [3.8, 4) is 0 Å². The van der Waals surface area contributed by atoms with E-state index in [0.29, 0.717) is 12.5 Å². The van der Waals surface area contributed by atoms with Gasteiger partial charge in [-0.3, -0.25) is 4.79 Å². The molecule has 2 aromatic carbocycles. The van der Waals surface area contributed by atoms with Gasteiger partial charge in [0.15, 0.2) is 0 Å². The number of amides is 1. The third-order valence-corrected chi connectivity index (χ3v) is 5.49. The molecule has 5 heteroatoms. The first-order valence-electron chi connectivity index (χ1n) is 9.63. The summed E-state index contributed by atoms with van der Waals surface area (Å²) in [6.07, 6.45) is 4.82. The summed E-state index contributed by atoms with van der Waals surface area (Å²) in [7, 11) is 0. The number of fused-ring (bicyclic) bond motifs is 1. The van der Waals surface area contributed by atoms with Crippen molar-refractivity contribution in [2.45, 2.75) is 38.6 Å². The maximum absolute atomic E-state index is 13.2. The van der Waals surface area contributed by atoms with Crippen LogP contribution in [0.25, 0.3) is 11.0 Å². The minimum atomic E-state index is -0.271. The molecular weight excluding hydrogens is 341 g/mol. The van der Waals surface area contributed by atoms with E-state index in [4.69, 9.17) is 0 Å². The zero-order valence-corrected chi connectivity index (χ0v) is 15.2. The molecule has 1 aromatic heterocycles. The van der Waals surface area contributed by atoms with Crippen LogP contribution in [0.4, 0.5) is 4.39 Å². The zero-order valence-electron chi connectivity index (χ0n) is 15.2. The van der Waals surface area contributed by atoms with E-state index >= 15 is 0 Å². The van der Waals surface area contributed by atoms with Crippen molar-refractivity contribution in [3.63, 3.8) is 0 Å². The van der Waals surface area contributed by atoms with Gasteiger partial charge < -0.3 is 10.3 Å². The van der Waals surface area contributed by atoms with Gasteiger partial charge in [0.05, 0.1) is 11.0 Å². The van der Waals surface area contributed by atoms with Crippen LogP contribution in [-0.4, -0.2) is 15.9 Å². The molecule has 1 fully saturated rings. The lowest BCUT2D eigenvalue weighted by atomic mass is 9.80. The highest BCUT2D eigenvalue weighted by Crippen LogP contribution is 2.31. The molecule has 4 nitrogen and oxygen atoms in total. The number of carbonyl (C=O) groups excluding carboxylic acids is 1. The van der Waals surface area contributed by atoms with Crippen LogP contribution in [0.3, 0.4) is 0 Å². The van der Waals surface area contributed by atoms with E-state index in [1.165, 1.54) is 12.1 Å². The Hall–Kier alpha value is -2.69. The molecule has 3 aromatic rings. The van der Waals surface area contributed by atoms with E-state index in [0.717, 1.165) is 54.5 Å². The Labute approximate surface area is 158 Å². The third-order valence-electron chi connectivity index (χ3n) is 5.49. The summed E-state index contributed by atoms with van der Waals surface area (Å²) in [6.45, 7) is 0.384. The summed E-state index contributed by atoms with van der Waals surface area (Å²) in [6, 6.07) is 14.5. The topological polar surface area (TPSA) is 57.8 Å². The lowest BCUT2D eigenvalue weighted by Gasteiger charge is -2.27. The Balaban J connectivity index is 1.26. The van der Waals surface area contributed by atoms with Crippen molar-refractivity contribution < 1.29 is 9.18 Å². The largest absolute Gasteiger partial charge is 0.352 e. The van der Waals surface area contributed by atoms with E-state index in [2.05, 4.69) is 15.3 Å². The van der Waals surface area contributed by atoms with Gasteiger partial charge in [0.25, 0.3) is 0 Å². The van der Waals surface area contributed by atoms with Gasteiger partial charge in [0.2, 0.25) is 5.91 Å². The minimum Gasteiger partial charge on any atom is -0.352 e. The number of benzene rings is 2. The van der Waals surface area contributed by atoms with Crippen molar-refractivity contribution in [3.05, 3.63) is 65.7 Å². The molecule has 0 aliphatic heterocycles. The monoisotopic (exact) mass is 365 g/mol. The molecule has 0 bridgehead atoms. The van der Waals surface area contributed by atoms with Crippen LogP contribution in [0, 0.1) is 17.7 Å². The van der Waals surface area contributed by atoms with Gasteiger partial charge in [-0.15, -0.1) is 0 Å². The molecule has 140 valence electrons. The first kappa shape index (κ1) is 17.7. The minimum absolute atomic E-state index is 0.0606. The molecule has 1 aliphatic rings. The second-order valence-electron chi connectivity index (χ2n) is 7.47. The Morgan fingerprint density at radius 1 is 1.11 bits per heavy atom. The average Bonchev–Trinajstić information content (AvgIpc) is 3.09. The maximum atomic E-state index is 13.2. The van der Waals surface area contributed by atoms with Gasteiger partial charge in [-0.05, 0) is 61.4 Å². The van der Waals surface area contributed by atoms with E-state index < -0.39 is 0 Å². The highest BCUT2D eigenvalue weighted by Gasteiger charge is 2.26. The predicted octanol–water partition coefficient (Wildman–Crippen LogP) is 4.37. The fourth-order valence-corrected chi connectivity index (χ4v) is 3.98. The molecule has 0 unspecified atom stereocenters. The molecule has 2 N–H and O–H groups in total. The fourth-order valence-electron chi connectivity index (χ4n) is 3.98. The van der Waals surface area contributed by atoms with Crippen molar-refractivity contribution in [2.75, 3.05) is 0 Å². The number of hydrogen-bond acceptors (Lipinski definition) is 2. The SMILES string of the molecule is O=C(NCc1cccc(F)c1)[C@H]1CC[C@@H](Cc2nc3ccccc3[nH]2)CC1. The second kappa shape index (κ2) is 7.91. The number of rotatable bonds is 5. The van der Waals surface area contributed by atoms with Gasteiger partial charge in [-0.2, -0.15) is 0 Å². The summed E-state index contributed by atoms with van der Waals surface area (Å²) in [5.41, 5.74) is 2.89. The van der Waals surface area contributed by atoms with Crippen molar-refractivity contribution >= 4 is 16.9 Å². The number of carbonyl (C=O) groups is 1. The summed E-state index contributed by atoms with van der Waals surface area (Å²) in [5.74, 6) is 1.48. The molecule has 0 radical (unpaired) electrons. The fraction of sp³-hybridized carbons (Fsp3) is 0.364. The number of H-pyrrole nitrogens is 1. The Morgan fingerprint density at radius 2 is 1.93 bits per heavy atom. The molecule has 0 saturated heterocycles. The summed E-state index contributed by atoms with van der Waals surface area (Å²) in [4.78, 5) is 20.5. The standard InChI is InChI=1S/C22H24FN3O/c23-18-5-3-4-16(12-18)14-24-22(27)17-10-8-15(9-11-17)13-21-25-19-6-1-2-7-20(19)26-21/h1-7,12,15,17H,8-11,13-14H2,(H,24,27)(H,25,26)/t15-,17+. The molecule has 4 rings (SSSR count). The molecular formula is C22H24FN3O. The molecule has 1 amide bonds. The van der Waals surface area contributed by atoms with Crippen LogP contribution in [-0.2, 0) is 17.8 Å². The first-order valence-corrected chi connectivity index (χ1v) is 9.63. The van der Waals surface area contributed by atoms with Gasteiger partial charge in [0.1, 0.15) is 11.6 Å². The van der Waals surface area contributed by atoms with Crippen molar-refractivity contribution in [1.82, 2.24) is 15.3 Å². The molecule has 0 spiro atoms. The average molecular weight is 365 g/mol. The molecule has 27 heavy (non-hydrogen) atoms. The van der Waals surface area contributed by atoms with Crippen molar-refractivity contribution in [2.24, 2.45) is 11.8 Å². The van der Waals surface area contributed by atoms with Crippen LogP contribution >= 0.6 is 0 Å². The third kappa shape index (κ3) is 4.35.